The Morgan fingerprint density at radius 2 is 1.73 bits per heavy atom. The molecule has 0 unspecified atom stereocenters. The summed E-state index contributed by atoms with van der Waals surface area (Å²) in [5, 5.41) is 2.56. The Morgan fingerprint density at radius 3 is 2.50 bits per heavy atom. The van der Waals surface area contributed by atoms with E-state index < -0.39 is 0 Å². The maximum absolute atomic E-state index is 12.9. The van der Waals surface area contributed by atoms with Crippen molar-refractivity contribution in [1.82, 2.24) is 9.97 Å². The number of Topliss-reactive ketones (excluding diaryl/α,β-unsaturated/α-hetero) is 1. The van der Waals surface area contributed by atoms with Crippen LogP contribution in [0, 0.1) is 0 Å². The number of halogens is 1. The van der Waals surface area contributed by atoms with Crippen molar-refractivity contribution in [2.24, 2.45) is 0 Å². The molecule has 1 atom stereocenters. The first-order chi connectivity index (χ1) is 14.6. The average molecular weight is 477 g/mol. The van der Waals surface area contributed by atoms with E-state index in [2.05, 4.69) is 25.9 Å². The van der Waals surface area contributed by atoms with Gasteiger partial charge in [0.1, 0.15) is 5.01 Å². The van der Waals surface area contributed by atoms with Crippen LogP contribution in [0.4, 0.5) is 0 Å². The van der Waals surface area contributed by atoms with Crippen LogP contribution in [-0.2, 0) is 6.42 Å². The minimum Gasteiger partial charge on any atom is -0.325 e. The van der Waals surface area contributed by atoms with E-state index in [0.29, 0.717) is 29.0 Å². The number of H-pyrrole nitrogens is 1. The molecule has 4 nitrogen and oxygen atoms in total. The van der Waals surface area contributed by atoms with Gasteiger partial charge < -0.3 is 4.98 Å². The highest BCUT2D eigenvalue weighted by Gasteiger charge is 2.28. The molecule has 5 rings (SSSR count). The minimum atomic E-state index is -0.202. The molecule has 2 aromatic carbocycles. The zero-order chi connectivity index (χ0) is 20.7. The third kappa shape index (κ3) is 3.57. The summed E-state index contributed by atoms with van der Waals surface area (Å²) in [6.45, 7) is 0. The van der Waals surface area contributed by atoms with Gasteiger partial charge in [-0.15, -0.1) is 11.3 Å². The first-order valence-electron chi connectivity index (χ1n) is 9.64. The largest absolute Gasteiger partial charge is 0.325 e. The fourth-order valence-corrected chi connectivity index (χ4v) is 5.01. The zero-order valence-electron chi connectivity index (χ0n) is 15.9. The number of thiazole rings is 1. The third-order valence-corrected chi connectivity index (χ3v) is 6.86. The second-order valence-corrected chi connectivity index (χ2v) is 9.16. The highest BCUT2D eigenvalue weighted by molar-refractivity contribution is 9.10. The van der Waals surface area contributed by atoms with Gasteiger partial charge in [0.05, 0.1) is 11.3 Å². The van der Waals surface area contributed by atoms with E-state index in [1.54, 1.807) is 6.07 Å². The van der Waals surface area contributed by atoms with Crippen molar-refractivity contribution in [1.29, 1.82) is 0 Å². The molecule has 0 bridgehead atoms. The van der Waals surface area contributed by atoms with Crippen molar-refractivity contribution in [2.75, 3.05) is 0 Å². The van der Waals surface area contributed by atoms with Crippen LogP contribution in [0.2, 0.25) is 0 Å². The lowest BCUT2D eigenvalue weighted by Gasteiger charge is -2.24. The summed E-state index contributed by atoms with van der Waals surface area (Å²) in [5.74, 6) is 0.156. The summed E-state index contributed by atoms with van der Waals surface area (Å²) in [6, 6.07) is 19.6. The summed E-state index contributed by atoms with van der Waals surface area (Å²) in [5.41, 5.74) is 4.50. The van der Waals surface area contributed by atoms with Crippen LogP contribution in [-0.4, -0.2) is 15.8 Å². The van der Waals surface area contributed by atoms with E-state index in [0.717, 1.165) is 27.0 Å². The summed E-state index contributed by atoms with van der Waals surface area (Å²) >= 11 is 4.84. The Labute approximate surface area is 185 Å². The normalized spacial score (nSPS) is 15.8. The second-order valence-electron chi connectivity index (χ2n) is 7.39. The lowest BCUT2D eigenvalue weighted by Crippen LogP contribution is -2.24. The van der Waals surface area contributed by atoms with Crippen molar-refractivity contribution in [3.05, 3.63) is 97.7 Å². The zero-order valence-corrected chi connectivity index (χ0v) is 18.3. The van der Waals surface area contributed by atoms with E-state index in [9.17, 15) is 9.59 Å². The van der Waals surface area contributed by atoms with Crippen molar-refractivity contribution in [3.8, 4) is 21.8 Å². The number of nitrogens with zero attached hydrogens (tertiary/aromatic N) is 1. The van der Waals surface area contributed by atoms with Crippen LogP contribution in [0.5, 0.6) is 0 Å². The summed E-state index contributed by atoms with van der Waals surface area (Å²) in [4.78, 5) is 33.3. The molecule has 2 aromatic heterocycles. The smallest absolute Gasteiger partial charge is 0.258 e. The highest BCUT2D eigenvalue weighted by atomic mass is 79.9. The maximum atomic E-state index is 12.9. The van der Waals surface area contributed by atoms with Gasteiger partial charge in [-0.05, 0) is 36.1 Å². The first-order valence-corrected chi connectivity index (χ1v) is 11.3. The molecule has 0 saturated heterocycles. The summed E-state index contributed by atoms with van der Waals surface area (Å²) in [6.07, 6.45) is 1.10. The van der Waals surface area contributed by atoms with Crippen molar-refractivity contribution < 1.29 is 4.79 Å². The Balaban J connectivity index is 1.49. The average Bonchev–Trinajstić information content (AvgIpc) is 3.24. The van der Waals surface area contributed by atoms with Crippen LogP contribution in [0.1, 0.15) is 34.0 Å². The number of rotatable bonds is 3. The first kappa shape index (κ1) is 19.2. The Bertz CT molecular complexity index is 1290. The van der Waals surface area contributed by atoms with E-state index in [-0.39, 0.29) is 17.3 Å². The lowest BCUT2D eigenvalue weighted by molar-refractivity contribution is 0.0963. The number of hydrogen-bond acceptors (Lipinski definition) is 4. The van der Waals surface area contributed by atoms with Crippen LogP contribution in [0.3, 0.4) is 0 Å². The Kier molecular flexibility index (Phi) is 4.97. The molecule has 0 spiro atoms. The molecule has 0 saturated carbocycles. The van der Waals surface area contributed by atoms with Gasteiger partial charge in [0.2, 0.25) is 0 Å². The van der Waals surface area contributed by atoms with Crippen LogP contribution < -0.4 is 5.56 Å². The second kappa shape index (κ2) is 7.78. The van der Waals surface area contributed by atoms with Gasteiger partial charge >= 0.3 is 0 Å². The number of ketones is 1. The van der Waals surface area contributed by atoms with E-state index in [4.69, 9.17) is 0 Å². The number of aromatic nitrogens is 2. The minimum absolute atomic E-state index is 0.0623. The molecular weight excluding hydrogens is 460 g/mol. The molecule has 1 aliphatic rings. The number of carbonyl (C=O) groups excluding carboxylic acids is 1. The van der Waals surface area contributed by atoms with Crippen molar-refractivity contribution >= 4 is 33.0 Å². The monoisotopic (exact) mass is 476 g/mol. The summed E-state index contributed by atoms with van der Waals surface area (Å²) in [7, 11) is 0. The topological polar surface area (TPSA) is 62.8 Å². The Hall–Kier alpha value is -2.83. The number of hydrogen-bond donors (Lipinski definition) is 1. The van der Waals surface area contributed by atoms with E-state index in [1.165, 1.54) is 11.3 Å². The highest BCUT2D eigenvalue weighted by Crippen LogP contribution is 2.34. The molecule has 0 amide bonds. The van der Waals surface area contributed by atoms with Gasteiger partial charge in [0, 0.05) is 33.1 Å². The van der Waals surface area contributed by atoms with Gasteiger partial charge in [-0.3, -0.25) is 9.59 Å². The molecule has 2 heterocycles. The fraction of sp³-hybridized carbons (Fsp3) is 0.125. The standard InChI is InChI=1S/C24H17BrN2O2S/c25-17-8-6-15(7-9-17)21-13-30-24(27-21)19-12-18-20(26-23(19)29)10-16(11-22(18)28)14-4-2-1-3-5-14/h1-9,12-13,16H,10-11H2,(H,26,29)/t16-/m1/s1. The molecule has 0 radical (unpaired) electrons. The predicted octanol–water partition coefficient (Wildman–Crippen LogP) is 5.84. The molecular formula is C24H17BrN2O2S. The number of carbonyl (C=O) groups is 1. The molecule has 6 heteroatoms. The van der Waals surface area contributed by atoms with Crippen molar-refractivity contribution in [3.63, 3.8) is 0 Å². The van der Waals surface area contributed by atoms with E-state index >= 15 is 0 Å². The lowest BCUT2D eigenvalue weighted by atomic mass is 9.81. The van der Waals surface area contributed by atoms with E-state index in [1.807, 2.05) is 60.0 Å². The predicted molar refractivity (Wildman–Crippen MR) is 123 cm³/mol. The van der Waals surface area contributed by atoms with Gasteiger partial charge in [0.15, 0.2) is 5.78 Å². The number of fused-ring (bicyclic) bond motifs is 1. The van der Waals surface area contributed by atoms with Crippen LogP contribution in [0.25, 0.3) is 21.8 Å². The van der Waals surface area contributed by atoms with Gasteiger partial charge in [-0.1, -0.05) is 58.4 Å². The van der Waals surface area contributed by atoms with Crippen LogP contribution in [0.15, 0.2) is 75.3 Å². The number of nitrogens with one attached hydrogen (secondary N) is 1. The Morgan fingerprint density at radius 1 is 0.967 bits per heavy atom. The molecule has 1 aliphatic carbocycles. The molecule has 0 fully saturated rings. The van der Waals surface area contributed by atoms with Crippen LogP contribution >= 0.6 is 27.3 Å². The molecule has 0 aliphatic heterocycles. The van der Waals surface area contributed by atoms with Crippen molar-refractivity contribution in [2.45, 2.75) is 18.8 Å². The maximum Gasteiger partial charge on any atom is 0.258 e. The number of pyridine rings is 1. The molecule has 30 heavy (non-hydrogen) atoms. The van der Waals surface area contributed by atoms with Gasteiger partial charge in [-0.25, -0.2) is 4.98 Å². The van der Waals surface area contributed by atoms with Gasteiger partial charge in [0.25, 0.3) is 5.56 Å². The fourth-order valence-electron chi connectivity index (χ4n) is 3.90. The quantitative estimate of drug-likeness (QED) is 0.403. The number of benzene rings is 2. The SMILES string of the molecule is O=C1C[C@H](c2ccccc2)Cc2[nH]c(=O)c(-c3nc(-c4ccc(Br)cc4)cs3)cc21. The van der Waals surface area contributed by atoms with Gasteiger partial charge in [-0.2, -0.15) is 0 Å². The third-order valence-electron chi connectivity index (χ3n) is 5.45. The summed E-state index contributed by atoms with van der Waals surface area (Å²) < 4.78 is 1.00. The molecule has 1 N–H and O–H groups in total. The molecule has 148 valence electrons. The number of aromatic amines is 1. The molecule has 4 aromatic rings.